The Labute approximate surface area is 858 Å². The van der Waals surface area contributed by atoms with Crippen LogP contribution in [0.2, 0.25) is 0 Å². The van der Waals surface area contributed by atoms with E-state index in [1.54, 1.807) is 37.2 Å². The van der Waals surface area contributed by atoms with Gasteiger partial charge in [0.2, 0.25) is 0 Å². The minimum atomic E-state index is 0. The van der Waals surface area contributed by atoms with Crippen molar-refractivity contribution in [2.45, 2.75) is 69.2 Å². The van der Waals surface area contributed by atoms with Gasteiger partial charge in [0, 0.05) is 152 Å². The van der Waals surface area contributed by atoms with Crippen LogP contribution >= 0.6 is 0 Å². The van der Waals surface area contributed by atoms with Crippen LogP contribution in [0.1, 0.15) is 55.6 Å². The normalized spacial score (nSPS) is 10.4. The van der Waals surface area contributed by atoms with E-state index in [4.69, 9.17) is 17.7 Å². The maximum atomic E-state index is 6.09. The van der Waals surface area contributed by atoms with Crippen molar-refractivity contribution in [3.8, 4) is 90.1 Å². The molecule has 0 N–H and O–H groups in total. The Bertz CT molecular complexity index is 7800. The van der Waals surface area contributed by atoms with Gasteiger partial charge in [-0.3, -0.25) is 0 Å². The summed E-state index contributed by atoms with van der Waals surface area (Å²) in [6.45, 7) is 20.7. The summed E-state index contributed by atoms with van der Waals surface area (Å²) in [6, 6.07) is 134. The summed E-state index contributed by atoms with van der Waals surface area (Å²) < 4.78 is 24.2. The molecule has 24 rings (SSSR count). The van der Waals surface area contributed by atoms with Gasteiger partial charge in [-0.1, -0.05) is 256 Å². The summed E-state index contributed by atoms with van der Waals surface area (Å²) in [5.41, 5.74) is 34.4. The Morgan fingerprint density at radius 1 is 0.210 bits per heavy atom. The molecular weight excluding hydrogens is 2410 g/mol. The van der Waals surface area contributed by atoms with Crippen LogP contribution in [0.5, 0.6) is 0 Å². The summed E-state index contributed by atoms with van der Waals surface area (Å²) in [7, 11) is 0. The van der Waals surface area contributed by atoms with Crippen LogP contribution in [-0.4, -0.2) is 39.9 Å². The Hall–Kier alpha value is -14.4. The summed E-state index contributed by atoms with van der Waals surface area (Å²) >= 11 is 0. The third-order valence-corrected chi connectivity index (χ3v) is 22.2. The molecule has 0 aliphatic rings. The average Bonchev–Trinajstić information content (AvgIpc) is 1.68. The Morgan fingerprint density at radius 3 is 0.957 bits per heavy atom. The quantitative estimate of drug-likeness (QED) is 0.133. The SMILES string of the molecule is Cc1[c-]c(-c2ccccn2)c2oc3ccccc3c2c1.Cc1c[c-]c(-c2ccccn2)c2oc3ccccc3c12.Cc1cc[c-]c(-c2ccccn2)c1.Cc1cc[c-]c(-c2ccccn2)c1.Cc1cc[c-]c(-c2ccccn2)c1.Cc1cc[c-]c(-c2ccccn2)c1.Cc1ccc(-c2[c-]cc(C)c3c2oc2ccccc23)nc1.Cc1ccnc(-c2[c-]ccc3c2oc2cc(C)ccc23)c1.[Ir].[Ir].[Ir].[Ir]. The molecule has 0 saturated heterocycles. The van der Waals surface area contributed by atoms with Crippen molar-refractivity contribution in [1.29, 1.82) is 0 Å². The van der Waals surface area contributed by atoms with Crippen molar-refractivity contribution in [3.63, 3.8) is 0 Å². The average molecular weight is 2500 g/mol. The first-order chi connectivity index (χ1) is 65.6. The zero-order valence-corrected chi connectivity index (χ0v) is 86.9. The molecule has 0 fully saturated rings. The molecule has 0 atom stereocenters. The largest absolute Gasteiger partial charge is 0.501 e. The second-order valence-electron chi connectivity index (χ2n) is 32.5. The standard InChI is InChI=1S/2C19H14NO.2C18H12NO.4C12H10N.4Ir/c1-12-6-7-14-15-4-3-5-16(19(15)21-18(14)11-12)17-10-13(2)8-9-20-17;1-12-7-10-16(20-11-12)14-9-8-13(2)18-15-5-3-4-6-17(15)21-19(14)18;1-12-9-10-13(15-7-4-5-11-19-15)18-17(12)14-6-2-3-8-16(14)20-18;1-12-10-14-13-6-2-3-8-17(13)20-18(14)15(11-12)16-7-4-5-9-19-16;4*1-10-5-4-6-11(9-10)12-7-2-3-8-13-12;;;;/h3-4,6-11H,1-2H3;3-8,10-11H,1-2H3;2-9,11H,1H3;2-10H,1H3;4*2-5,7-9H,1H3;;;;/q8*-1;;;;. The number of aromatic nitrogens is 8. The van der Waals surface area contributed by atoms with E-state index in [1.807, 2.05) is 269 Å². The molecule has 138 heavy (non-hydrogen) atoms. The van der Waals surface area contributed by atoms with Gasteiger partial charge in [0.05, 0.1) is 22.3 Å². The molecule has 12 nitrogen and oxygen atoms in total. The molecule has 0 saturated carbocycles. The van der Waals surface area contributed by atoms with E-state index in [2.05, 4.69) is 229 Å². The van der Waals surface area contributed by atoms with Crippen molar-refractivity contribution < 1.29 is 98.1 Å². The maximum absolute atomic E-state index is 6.09. The van der Waals surface area contributed by atoms with Crippen LogP contribution in [-0.2, 0) is 80.4 Å². The fourth-order valence-corrected chi connectivity index (χ4v) is 15.7. The monoisotopic (exact) mass is 2500 g/mol. The van der Waals surface area contributed by atoms with E-state index in [0.717, 1.165) is 189 Å². The Balaban J connectivity index is 0.000000134. The molecule has 4 radical (unpaired) electrons. The van der Waals surface area contributed by atoms with Gasteiger partial charge in [0.25, 0.3) is 0 Å². The molecule has 0 amide bonds. The third-order valence-electron chi connectivity index (χ3n) is 22.2. The van der Waals surface area contributed by atoms with Crippen LogP contribution in [0.25, 0.3) is 178 Å². The van der Waals surface area contributed by atoms with Crippen LogP contribution in [0, 0.1) is 118 Å². The first-order valence-corrected chi connectivity index (χ1v) is 44.2. The molecule has 12 aromatic heterocycles. The number of hydrogen-bond donors (Lipinski definition) is 0. The van der Waals surface area contributed by atoms with E-state index < -0.39 is 0 Å². The first kappa shape index (κ1) is 101. The van der Waals surface area contributed by atoms with Gasteiger partial charge in [-0.05, 0) is 144 Å². The molecule has 0 spiro atoms. The Kier molecular flexibility index (Phi) is 35.4. The fourth-order valence-electron chi connectivity index (χ4n) is 15.7. The van der Waals surface area contributed by atoms with E-state index in [0.29, 0.717) is 0 Å². The molecule has 0 bridgehead atoms. The molecule has 12 aromatic carbocycles. The number of benzene rings is 12. The van der Waals surface area contributed by atoms with Crippen LogP contribution in [0.4, 0.5) is 0 Å². The maximum Gasteiger partial charge on any atom is 0.121 e. The molecule has 0 unspecified atom stereocenters. The molecule has 0 aliphatic heterocycles. The molecule has 688 valence electrons. The van der Waals surface area contributed by atoms with E-state index in [-0.39, 0.29) is 80.4 Å². The Morgan fingerprint density at radius 2 is 0.543 bits per heavy atom. The van der Waals surface area contributed by atoms with Crippen molar-refractivity contribution in [2.75, 3.05) is 0 Å². The van der Waals surface area contributed by atoms with Gasteiger partial charge in [-0.15, -0.1) is 213 Å². The molecule has 16 heteroatoms. The van der Waals surface area contributed by atoms with Crippen molar-refractivity contribution in [2.24, 2.45) is 0 Å². The fraction of sp³-hybridized carbons (Fsp3) is 0.0820. The van der Waals surface area contributed by atoms with E-state index >= 15 is 0 Å². The predicted octanol–water partition coefficient (Wildman–Crippen LogP) is 31.1. The number of fused-ring (bicyclic) bond motifs is 12. The molecule has 0 aliphatic carbocycles. The van der Waals surface area contributed by atoms with E-state index in [1.165, 1.54) is 44.5 Å². The molecule has 12 heterocycles. The van der Waals surface area contributed by atoms with Gasteiger partial charge in [-0.2, -0.15) is 0 Å². The third kappa shape index (κ3) is 24.7. The van der Waals surface area contributed by atoms with Gasteiger partial charge in [0.1, 0.15) is 22.3 Å². The van der Waals surface area contributed by atoms with Gasteiger partial charge in [-0.25, -0.2) is 0 Å². The number of nitrogens with zero attached hydrogens (tertiary/aromatic N) is 8. The summed E-state index contributed by atoms with van der Waals surface area (Å²) in [5, 5.41) is 9.11. The zero-order valence-electron chi connectivity index (χ0n) is 77.3. The second-order valence-corrected chi connectivity index (χ2v) is 32.5. The smallest absolute Gasteiger partial charge is 0.121 e. The van der Waals surface area contributed by atoms with Crippen molar-refractivity contribution in [1.82, 2.24) is 39.9 Å². The minimum Gasteiger partial charge on any atom is -0.501 e. The van der Waals surface area contributed by atoms with Gasteiger partial charge in [0.15, 0.2) is 0 Å². The summed E-state index contributed by atoms with van der Waals surface area (Å²) in [6.07, 6.45) is 14.5. The van der Waals surface area contributed by atoms with Crippen LogP contribution in [0.3, 0.4) is 0 Å². The summed E-state index contributed by atoms with van der Waals surface area (Å²) in [5.74, 6) is 0. The number of aryl methyl sites for hydroxylation is 10. The predicted molar refractivity (Wildman–Crippen MR) is 545 cm³/mol. The summed E-state index contributed by atoms with van der Waals surface area (Å²) in [4.78, 5) is 34.8. The topological polar surface area (TPSA) is 156 Å². The van der Waals surface area contributed by atoms with Gasteiger partial charge >= 0.3 is 0 Å². The number of furan rings is 4. The number of hydrogen-bond acceptors (Lipinski definition) is 12. The molecular formula is C122H92Ir4N8O4-8. The number of pyridine rings is 8. The minimum absolute atomic E-state index is 0. The zero-order chi connectivity index (χ0) is 92.2. The van der Waals surface area contributed by atoms with Crippen LogP contribution in [0.15, 0.2) is 395 Å². The first-order valence-electron chi connectivity index (χ1n) is 44.2. The number of para-hydroxylation sites is 3. The molecule has 24 aromatic rings. The number of rotatable bonds is 8. The van der Waals surface area contributed by atoms with Gasteiger partial charge < -0.3 is 57.5 Å². The second kappa shape index (κ2) is 48.4. The van der Waals surface area contributed by atoms with Crippen molar-refractivity contribution >= 4 is 87.8 Å². The van der Waals surface area contributed by atoms with Crippen LogP contribution < -0.4 is 0 Å². The van der Waals surface area contributed by atoms with E-state index in [9.17, 15) is 0 Å². The van der Waals surface area contributed by atoms with Crippen molar-refractivity contribution in [3.05, 3.63) is 481 Å².